The molecule has 0 saturated heterocycles. The summed E-state index contributed by atoms with van der Waals surface area (Å²) in [5.41, 5.74) is 2.35. The molecule has 0 bridgehead atoms. The Morgan fingerprint density at radius 3 is 2.46 bits per heavy atom. The highest BCUT2D eigenvalue weighted by atomic mass is 79.9. The standard InChI is InChI=1S/C22H20BrCl2NO2/c1-28-20(27)22(26-17-4-2-3-15(24)13-17)9-7-21(8-10-22)18-6-5-16(25)11-14(18)12-19(21)23/h2-6,11-13,26H,7-10H2,1H3. The van der Waals surface area contributed by atoms with Gasteiger partial charge in [-0.3, -0.25) is 0 Å². The summed E-state index contributed by atoms with van der Waals surface area (Å²) in [6.07, 6.45) is 5.09. The van der Waals surface area contributed by atoms with Crippen LogP contribution in [0.5, 0.6) is 0 Å². The maximum absolute atomic E-state index is 12.8. The summed E-state index contributed by atoms with van der Waals surface area (Å²) in [4.78, 5) is 12.8. The van der Waals surface area contributed by atoms with E-state index in [1.807, 2.05) is 36.4 Å². The van der Waals surface area contributed by atoms with Crippen molar-refractivity contribution in [2.75, 3.05) is 12.4 Å². The average Bonchev–Trinajstić information content (AvgIpc) is 2.94. The molecule has 28 heavy (non-hydrogen) atoms. The number of allylic oxidation sites excluding steroid dienone is 1. The number of halogens is 3. The van der Waals surface area contributed by atoms with Crippen LogP contribution in [0, 0.1) is 0 Å². The van der Waals surface area contributed by atoms with E-state index in [2.05, 4.69) is 33.4 Å². The van der Waals surface area contributed by atoms with Crippen LogP contribution in [0.25, 0.3) is 6.08 Å². The van der Waals surface area contributed by atoms with Crippen molar-refractivity contribution in [1.82, 2.24) is 0 Å². The number of hydrogen-bond donors (Lipinski definition) is 1. The van der Waals surface area contributed by atoms with Crippen LogP contribution in [-0.2, 0) is 14.9 Å². The van der Waals surface area contributed by atoms with E-state index in [-0.39, 0.29) is 11.4 Å². The molecule has 2 aliphatic rings. The fourth-order valence-corrected chi connectivity index (χ4v) is 5.75. The van der Waals surface area contributed by atoms with Crippen LogP contribution in [0.4, 0.5) is 5.69 Å². The Balaban J connectivity index is 1.65. The van der Waals surface area contributed by atoms with Crippen LogP contribution in [-0.4, -0.2) is 18.6 Å². The number of hydrogen-bond acceptors (Lipinski definition) is 3. The van der Waals surface area contributed by atoms with E-state index in [0.717, 1.165) is 33.6 Å². The van der Waals surface area contributed by atoms with Gasteiger partial charge in [0, 0.05) is 25.6 Å². The monoisotopic (exact) mass is 479 g/mol. The number of anilines is 1. The zero-order valence-corrected chi connectivity index (χ0v) is 18.5. The summed E-state index contributed by atoms with van der Waals surface area (Å²) < 4.78 is 6.33. The molecule has 1 N–H and O–H groups in total. The fraction of sp³-hybridized carbons (Fsp3) is 0.318. The summed E-state index contributed by atoms with van der Waals surface area (Å²) in [7, 11) is 1.44. The summed E-state index contributed by atoms with van der Waals surface area (Å²) >= 11 is 16.1. The Kier molecular flexibility index (Phi) is 5.24. The third kappa shape index (κ3) is 3.26. The van der Waals surface area contributed by atoms with Crippen molar-refractivity contribution in [3.8, 4) is 0 Å². The van der Waals surface area contributed by atoms with Crippen molar-refractivity contribution < 1.29 is 9.53 Å². The minimum atomic E-state index is -0.771. The lowest BCUT2D eigenvalue weighted by Crippen LogP contribution is -2.52. The van der Waals surface area contributed by atoms with E-state index in [4.69, 9.17) is 27.9 Å². The number of methoxy groups -OCH3 is 1. The van der Waals surface area contributed by atoms with Crippen LogP contribution in [0.3, 0.4) is 0 Å². The topological polar surface area (TPSA) is 38.3 Å². The molecule has 2 aromatic rings. The lowest BCUT2D eigenvalue weighted by Gasteiger charge is -2.45. The largest absolute Gasteiger partial charge is 0.467 e. The predicted octanol–water partition coefficient (Wildman–Crippen LogP) is 6.58. The number of fused-ring (bicyclic) bond motifs is 2. The molecule has 2 aliphatic carbocycles. The third-order valence-electron chi connectivity index (χ3n) is 6.01. The van der Waals surface area contributed by atoms with Crippen molar-refractivity contribution in [1.29, 1.82) is 0 Å². The van der Waals surface area contributed by atoms with Gasteiger partial charge >= 0.3 is 5.97 Å². The van der Waals surface area contributed by atoms with Gasteiger partial charge < -0.3 is 10.1 Å². The van der Waals surface area contributed by atoms with E-state index in [1.54, 1.807) is 0 Å². The zero-order chi connectivity index (χ0) is 19.9. The molecule has 0 aliphatic heterocycles. The normalized spacial score (nSPS) is 25.9. The highest BCUT2D eigenvalue weighted by Crippen LogP contribution is 2.55. The van der Waals surface area contributed by atoms with Crippen molar-refractivity contribution in [3.05, 3.63) is 68.1 Å². The molecule has 3 nitrogen and oxygen atoms in total. The van der Waals surface area contributed by atoms with Gasteiger partial charge in [-0.15, -0.1) is 0 Å². The van der Waals surface area contributed by atoms with Crippen LogP contribution < -0.4 is 5.32 Å². The number of rotatable bonds is 3. The first-order valence-corrected chi connectivity index (χ1v) is 10.7. The first-order valence-electron chi connectivity index (χ1n) is 9.18. The van der Waals surface area contributed by atoms with Crippen LogP contribution >= 0.6 is 39.1 Å². The predicted molar refractivity (Wildman–Crippen MR) is 118 cm³/mol. The second-order valence-electron chi connectivity index (χ2n) is 7.51. The van der Waals surface area contributed by atoms with E-state index >= 15 is 0 Å². The molecular formula is C22H20BrCl2NO2. The lowest BCUT2D eigenvalue weighted by molar-refractivity contribution is -0.147. The summed E-state index contributed by atoms with van der Waals surface area (Å²) in [5.74, 6) is -0.239. The number of nitrogens with one attached hydrogen (secondary N) is 1. The van der Waals surface area contributed by atoms with Gasteiger partial charge in [-0.25, -0.2) is 4.79 Å². The van der Waals surface area contributed by atoms with Crippen molar-refractivity contribution in [2.45, 2.75) is 36.6 Å². The molecule has 0 aromatic heterocycles. The number of carbonyl (C=O) groups excluding carboxylic acids is 1. The molecule has 0 amide bonds. The molecule has 0 heterocycles. The van der Waals surface area contributed by atoms with Gasteiger partial charge in [0.2, 0.25) is 0 Å². The van der Waals surface area contributed by atoms with Gasteiger partial charge in [-0.05, 0) is 73.2 Å². The highest BCUT2D eigenvalue weighted by Gasteiger charge is 2.51. The minimum Gasteiger partial charge on any atom is -0.467 e. The Hall–Kier alpha value is -1.49. The van der Waals surface area contributed by atoms with E-state index < -0.39 is 5.54 Å². The molecule has 0 radical (unpaired) electrons. The molecule has 4 rings (SSSR count). The zero-order valence-electron chi connectivity index (χ0n) is 15.4. The lowest BCUT2D eigenvalue weighted by atomic mass is 9.65. The van der Waals surface area contributed by atoms with Gasteiger partial charge in [-0.1, -0.05) is 51.3 Å². The SMILES string of the molecule is COC(=O)C1(Nc2cccc(Cl)c2)CCC2(CC1)C(Br)=Cc1cc(Cl)ccc12. The summed E-state index contributed by atoms with van der Waals surface area (Å²) in [5, 5.41) is 4.79. The second-order valence-corrected chi connectivity index (χ2v) is 9.24. The second kappa shape index (κ2) is 7.40. The minimum absolute atomic E-state index is 0.118. The van der Waals surface area contributed by atoms with Gasteiger partial charge in [0.1, 0.15) is 5.54 Å². The maximum Gasteiger partial charge on any atom is 0.331 e. The summed E-state index contributed by atoms with van der Waals surface area (Å²) in [6, 6.07) is 13.5. The molecule has 2 aromatic carbocycles. The Morgan fingerprint density at radius 1 is 1.07 bits per heavy atom. The molecule has 0 atom stereocenters. The van der Waals surface area contributed by atoms with Crippen molar-refractivity contribution in [2.24, 2.45) is 0 Å². The van der Waals surface area contributed by atoms with Gasteiger partial charge in [0.15, 0.2) is 0 Å². The van der Waals surface area contributed by atoms with Gasteiger partial charge in [0.05, 0.1) is 7.11 Å². The summed E-state index contributed by atoms with van der Waals surface area (Å²) in [6.45, 7) is 0. The average molecular weight is 481 g/mol. The smallest absolute Gasteiger partial charge is 0.331 e. The van der Waals surface area contributed by atoms with Gasteiger partial charge in [0.25, 0.3) is 0 Å². The van der Waals surface area contributed by atoms with Gasteiger partial charge in [-0.2, -0.15) is 0 Å². The van der Waals surface area contributed by atoms with E-state index in [0.29, 0.717) is 17.9 Å². The number of ether oxygens (including phenoxy) is 1. The van der Waals surface area contributed by atoms with Crippen LogP contribution in [0.15, 0.2) is 46.9 Å². The molecular weight excluding hydrogens is 461 g/mol. The highest BCUT2D eigenvalue weighted by molar-refractivity contribution is 9.11. The molecule has 6 heteroatoms. The van der Waals surface area contributed by atoms with Crippen LogP contribution in [0.1, 0.15) is 36.8 Å². The molecule has 1 spiro atoms. The first kappa shape index (κ1) is 19.8. The third-order valence-corrected chi connectivity index (χ3v) is 7.47. The number of esters is 1. The van der Waals surface area contributed by atoms with E-state index in [1.165, 1.54) is 12.7 Å². The molecule has 146 valence electrons. The maximum atomic E-state index is 12.8. The van der Waals surface area contributed by atoms with E-state index in [9.17, 15) is 4.79 Å². The van der Waals surface area contributed by atoms with Crippen LogP contribution in [0.2, 0.25) is 10.0 Å². The Labute approximate surface area is 183 Å². The molecule has 1 saturated carbocycles. The quantitative estimate of drug-likeness (QED) is 0.504. The van der Waals surface area contributed by atoms with Crippen molar-refractivity contribution in [3.63, 3.8) is 0 Å². The number of carbonyl (C=O) groups is 1. The number of benzene rings is 2. The van der Waals surface area contributed by atoms with Crippen molar-refractivity contribution >= 4 is 56.9 Å². The Morgan fingerprint density at radius 2 is 1.79 bits per heavy atom. The molecule has 1 fully saturated rings. The molecule has 0 unspecified atom stereocenters. The fourth-order valence-electron chi connectivity index (χ4n) is 4.52. The first-order chi connectivity index (χ1) is 13.4. The Bertz CT molecular complexity index is 965.